The molecule has 24 heavy (non-hydrogen) atoms. The molecule has 1 aromatic rings. The largest absolute Gasteiger partial charge is 0.449 e. The first-order valence-corrected chi connectivity index (χ1v) is 7.58. The molecule has 0 fully saturated rings. The van der Waals surface area contributed by atoms with E-state index in [2.05, 4.69) is 5.32 Å². The van der Waals surface area contributed by atoms with Crippen LogP contribution in [0.2, 0.25) is 0 Å². The molecule has 0 heterocycles. The maximum absolute atomic E-state index is 12.1. The third-order valence-electron chi connectivity index (χ3n) is 3.23. The smallest absolute Gasteiger partial charge is 0.339 e. The van der Waals surface area contributed by atoms with Gasteiger partial charge in [0.15, 0.2) is 6.10 Å². The molecule has 8 nitrogen and oxygen atoms in total. The first-order valence-electron chi connectivity index (χ1n) is 7.58. The summed E-state index contributed by atoms with van der Waals surface area (Å²) in [6.07, 6.45) is -0.983. The van der Waals surface area contributed by atoms with E-state index in [9.17, 15) is 19.7 Å². The molecule has 0 saturated heterocycles. The lowest BCUT2D eigenvalue weighted by Crippen LogP contribution is -2.37. The van der Waals surface area contributed by atoms with Crippen LogP contribution >= 0.6 is 0 Å². The van der Waals surface area contributed by atoms with Gasteiger partial charge >= 0.3 is 5.97 Å². The molecule has 0 bridgehead atoms. The van der Waals surface area contributed by atoms with E-state index in [1.54, 1.807) is 19.0 Å². The van der Waals surface area contributed by atoms with E-state index in [4.69, 9.17) is 4.74 Å². The van der Waals surface area contributed by atoms with Crippen LogP contribution in [0.3, 0.4) is 0 Å². The van der Waals surface area contributed by atoms with Crippen molar-refractivity contribution in [3.8, 4) is 0 Å². The maximum Gasteiger partial charge on any atom is 0.339 e. The molecule has 0 unspecified atom stereocenters. The number of nitrogens with one attached hydrogen (secondary N) is 1. The zero-order chi connectivity index (χ0) is 18.4. The van der Waals surface area contributed by atoms with Gasteiger partial charge in [0.25, 0.3) is 11.6 Å². The highest BCUT2D eigenvalue weighted by molar-refractivity contribution is 5.93. The number of amides is 1. The summed E-state index contributed by atoms with van der Waals surface area (Å²) in [5, 5.41) is 13.8. The summed E-state index contributed by atoms with van der Waals surface area (Å²) in [7, 11) is 3.34. The summed E-state index contributed by atoms with van der Waals surface area (Å²) in [6.45, 7) is 5.82. The maximum atomic E-state index is 12.1. The fourth-order valence-electron chi connectivity index (χ4n) is 1.91. The topological polar surface area (TPSA) is 102 Å². The van der Waals surface area contributed by atoms with Crippen LogP contribution in [0.15, 0.2) is 18.2 Å². The van der Waals surface area contributed by atoms with Crippen molar-refractivity contribution in [2.45, 2.75) is 26.9 Å². The van der Waals surface area contributed by atoms with Crippen molar-refractivity contribution < 1.29 is 19.2 Å². The van der Waals surface area contributed by atoms with E-state index in [0.29, 0.717) is 12.2 Å². The average Bonchev–Trinajstić information content (AvgIpc) is 2.51. The van der Waals surface area contributed by atoms with Crippen molar-refractivity contribution in [3.63, 3.8) is 0 Å². The number of esters is 1. The Morgan fingerprint density at radius 1 is 1.29 bits per heavy atom. The number of carbonyl (C=O) groups is 2. The SMILES string of the molecule is CC(C)CNC(=O)[C@@H](C)OC(=O)c1ccc(N(C)C)c([N+](=O)[O-])c1. The Morgan fingerprint density at radius 2 is 1.92 bits per heavy atom. The summed E-state index contributed by atoms with van der Waals surface area (Å²) < 4.78 is 5.08. The Kier molecular flexibility index (Phi) is 6.69. The van der Waals surface area contributed by atoms with Crippen molar-refractivity contribution in [3.05, 3.63) is 33.9 Å². The number of rotatable bonds is 7. The third-order valence-corrected chi connectivity index (χ3v) is 3.23. The molecule has 0 aliphatic heterocycles. The van der Waals surface area contributed by atoms with Gasteiger partial charge in [-0.05, 0) is 25.0 Å². The van der Waals surface area contributed by atoms with Gasteiger partial charge < -0.3 is 15.0 Å². The molecule has 0 aliphatic rings. The van der Waals surface area contributed by atoms with Crippen LogP contribution in [-0.4, -0.2) is 43.5 Å². The Balaban J connectivity index is 2.86. The normalized spacial score (nSPS) is 11.8. The van der Waals surface area contributed by atoms with Crippen LogP contribution in [-0.2, 0) is 9.53 Å². The Morgan fingerprint density at radius 3 is 2.42 bits per heavy atom. The lowest BCUT2D eigenvalue weighted by atomic mass is 10.1. The molecule has 1 rings (SSSR count). The van der Waals surface area contributed by atoms with Gasteiger partial charge in [0.1, 0.15) is 5.69 Å². The minimum Gasteiger partial charge on any atom is -0.449 e. The van der Waals surface area contributed by atoms with E-state index in [0.717, 1.165) is 6.07 Å². The Hall–Kier alpha value is -2.64. The Labute approximate surface area is 140 Å². The molecule has 1 amide bonds. The summed E-state index contributed by atoms with van der Waals surface area (Å²) >= 11 is 0. The molecule has 8 heteroatoms. The summed E-state index contributed by atoms with van der Waals surface area (Å²) in [5.41, 5.74) is 0.196. The number of anilines is 1. The van der Waals surface area contributed by atoms with E-state index in [-0.39, 0.29) is 17.2 Å². The highest BCUT2D eigenvalue weighted by Crippen LogP contribution is 2.28. The predicted octanol–water partition coefficient (Wildman–Crippen LogP) is 1.98. The number of benzene rings is 1. The molecule has 0 aliphatic carbocycles. The highest BCUT2D eigenvalue weighted by Gasteiger charge is 2.22. The van der Waals surface area contributed by atoms with Gasteiger partial charge in [0, 0.05) is 26.7 Å². The van der Waals surface area contributed by atoms with Gasteiger partial charge in [-0.1, -0.05) is 13.8 Å². The molecule has 0 spiro atoms. The minimum absolute atomic E-state index is 0.0239. The third kappa shape index (κ3) is 5.22. The van der Waals surface area contributed by atoms with Crippen molar-refractivity contribution in [1.29, 1.82) is 0 Å². The van der Waals surface area contributed by atoms with Gasteiger partial charge in [-0.15, -0.1) is 0 Å². The van der Waals surface area contributed by atoms with Crippen molar-refractivity contribution in [2.24, 2.45) is 5.92 Å². The van der Waals surface area contributed by atoms with Crippen LogP contribution < -0.4 is 10.2 Å². The second kappa shape index (κ2) is 8.28. The van der Waals surface area contributed by atoms with Gasteiger partial charge in [-0.25, -0.2) is 4.79 Å². The number of carbonyl (C=O) groups excluding carboxylic acids is 2. The zero-order valence-corrected chi connectivity index (χ0v) is 14.5. The summed E-state index contributed by atoms with van der Waals surface area (Å²) in [4.78, 5) is 36.1. The quantitative estimate of drug-likeness (QED) is 0.464. The lowest BCUT2D eigenvalue weighted by molar-refractivity contribution is -0.384. The van der Waals surface area contributed by atoms with Gasteiger partial charge in [0.05, 0.1) is 10.5 Å². The van der Waals surface area contributed by atoms with E-state index in [1.165, 1.54) is 19.1 Å². The average molecular weight is 337 g/mol. The van der Waals surface area contributed by atoms with Gasteiger partial charge in [0.2, 0.25) is 0 Å². The molecular weight excluding hydrogens is 314 g/mol. The lowest BCUT2D eigenvalue weighted by Gasteiger charge is -2.16. The predicted molar refractivity (Wildman–Crippen MR) is 90.1 cm³/mol. The van der Waals surface area contributed by atoms with Crippen molar-refractivity contribution in [1.82, 2.24) is 5.32 Å². The summed E-state index contributed by atoms with van der Waals surface area (Å²) in [6, 6.07) is 4.05. The van der Waals surface area contributed by atoms with Crippen LogP contribution in [0.4, 0.5) is 11.4 Å². The van der Waals surface area contributed by atoms with E-state index in [1.807, 2.05) is 13.8 Å². The number of nitro groups is 1. The first kappa shape index (κ1) is 19.4. The minimum atomic E-state index is -0.983. The second-order valence-electron chi connectivity index (χ2n) is 6.04. The van der Waals surface area contributed by atoms with Crippen molar-refractivity contribution in [2.75, 3.05) is 25.5 Å². The number of hydrogen-bond acceptors (Lipinski definition) is 6. The fourth-order valence-corrected chi connectivity index (χ4v) is 1.91. The van der Waals surface area contributed by atoms with Gasteiger partial charge in [-0.2, -0.15) is 0 Å². The molecule has 1 N–H and O–H groups in total. The Bertz CT molecular complexity index is 628. The van der Waals surface area contributed by atoms with Gasteiger partial charge in [-0.3, -0.25) is 14.9 Å². The van der Waals surface area contributed by atoms with Crippen LogP contribution in [0, 0.1) is 16.0 Å². The van der Waals surface area contributed by atoms with E-state index >= 15 is 0 Å². The molecular formula is C16H23N3O5. The number of hydrogen-bond donors (Lipinski definition) is 1. The fraction of sp³-hybridized carbons (Fsp3) is 0.500. The first-order chi connectivity index (χ1) is 11.1. The van der Waals surface area contributed by atoms with Crippen LogP contribution in [0.1, 0.15) is 31.1 Å². The second-order valence-corrected chi connectivity index (χ2v) is 6.04. The highest BCUT2D eigenvalue weighted by atomic mass is 16.6. The molecule has 1 atom stereocenters. The van der Waals surface area contributed by atoms with Crippen LogP contribution in [0.25, 0.3) is 0 Å². The molecule has 0 aromatic heterocycles. The van der Waals surface area contributed by atoms with Crippen LogP contribution in [0.5, 0.6) is 0 Å². The molecule has 132 valence electrons. The van der Waals surface area contributed by atoms with E-state index < -0.39 is 22.9 Å². The molecule has 0 saturated carbocycles. The monoisotopic (exact) mass is 337 g/mol. The number of nitro benzene ring substituents is 1. The standard InChI is InChI=1S/C16H23N3O5/c1-10(2)9-17-15(20)11(3)24-16(21)12-6-7-13(18(4)5)14(8-12)19(22)23/h6-8,10-11H,9H2,1-5H3,(H,17,20)/t11-/m1/s1. The number of ether oxygens (including phenoxy) is 1. The summed E-state index contributed by atoms with van der Waals surface area (Å²) in [5.74, 6) is -0.912. The molecule has 1 aromatic carbocycles. The number of nitrogens with zero attached hydrogens (tertiary/aromatic N) is 2. The van der Waals surface area contributed by atoms with Crippen molar-refractivity contribution >= 4 is 23.3 Å². The molecule has 0 radical (unpaired) electrons. The zero-order valence-electron chi connectivity index (χ0n) is 14.5.